The molecule has 2 N–H and O–H groups in total. The van der Waals surface area contributed by atoms with Crippen molar-refractivity contribution in [2.45, 2.75) is 25.4 Å². The quantitative estimate of drug-likeness (QED) is 0.827. The van der Waals surface area contributed by atoms with Crippen LogP contribution in [0.5, 0.6) is 0 Å². The van der Waals surface area contributed by atoms with Gasteiger partial charge < -0.3 is 5.73 Å². The van der Waals surface area contributed by atoms with Crippen molar-refractivity contribution >= 4 is 9.84 Å². The molecule has 1 atom stereocenters. The smallest absolute Gasteiger partial charge is 0.150 e. The first-order valence-electron chi connectivity index (χ1n) is 6.08. The minimum atomic E-state index is -3.04. The van der Waals surface area contributed by atoms with Gasteiger partial charge in [-0.2, -0.15) is 0 Å². The summed E-state index contributed by atoms with van der Waals surface area (Å²) in [6.45, 7) is 1.46. The summed E-state index contributed by atoms with van der Waals surface area (Å²) >= 11 is 0. The van der Waals surface area contributed by atoms with E-state index < -0.39 is 15.5 Å². The van der Waals surface area contributed by atoms with E-state index in [4.69, 9.17) is 5.73 Å². The fourth-order valence-corrected chi connectivity index (χ4v) is 2.69. The summed E-state index contributed by atoms with van der Waals surface area (Å²) in [6, 6.07) is 8.68. The molecule has 3 nitrogen and oxygen atoms in total. The minimum Gasteiger partial charge on any atom is -0.327 e. The highest BCUT2D eigenvalue weighted by Crippen LogP contribution is 2.30. The van der Waals surface area contributed by atoms with E-state index in [1.807, 2.05) is 6.07 Å². The molecule has 0 aliphatic heterocycles. The fourth-order valence-electron chi connectivity index (χ4n) is 1.82. The summed E-state index contributed by atoms with van der Waals surface area (Å²) in [5.41, 5.74) is 4.38. The normalized spacial score (nSPS) is 15.3. The first kappa shape index (κ1) is 15.1. The molecule has 0 saturated carbocycles. The third-order valence-electron chi connectivity index (χ3n) is 3.08. The lowest BCUT2D eigenvalue weighted by Crippen LogP contribution is -2.31. The van der Waals surface area contributed by atoms with Crippen molar-refractivity contribution in [2.24, 2.45) is 5.73 Å². The van der Waals surface area contributed by atoms with E-state index in [0.717, 1.165) is 0 Å². The van der Waals surface area contributed by atoms with Gasteiger partial charge in [0.05, 0.1) is 5.75 Å². The molecule has 102 valence electrons. The summed E-state index contributed by atoms with van der Waals surface area (Å²) in [7, 11) is -3.04. The molecule has 0 saturated heterocycles. The van der Waals surface area contributed by atoms with Gasteiger partial charge in [0.1, 0.15) is 15.5 Å². The van der Waals surface area contributed by atoms with E-state index in [9.17, 15) is 12.8 Å². The van der Waals surface area contributed by atoms with Gasteiger partial charge in [-0.15, -0.1) is 0 Å². The van der Waals surface area contributed by atoms with Gasteiger partial charge in [-0.05, 0) is 18.4 Å². The molecule has 0 fully saturated rings. The lowest BCUT2D eigenvalue weighted by atomic mass is 9.91. The van der Waals surface area contributed by atoms with Crippen LogP contribution in [0.25, 0.3) is 0 Å². The van der Waals surface area contributed by atoms with Gasteiger partial charge in [-0.3, -0.25) is 0 Å². The lowest BCUT2D eigenvalue weighted by Gasteiger charge is -2.24. The highest BCUT2D eigenvalue weighted by atomic mass is 32.2. The Morgan fingerprint density at radius 2 is 1.89 bits per heavy atom. The third kappa shape index (κ3) is 4.07. The number of hydrogen-bond acceptors (Lipinski definition) is 3. The zero-order chi connectivity index (χ0) is 13.6. The Hall–Kier alpha value is -0.940. The summed E-state index contributed by atoms with van der Waals surface area (Å²) in [5, 5.41) is 0. The van der Waals surface area contributed by atoms with Crippen LogP contribution in [0.4, 0.5) is 4.39 Å². The van der Waals surface area contributed by atoms with Crippen molar-refractivity contribution in [3.8, 4) is 0 Å². The minimum absolute atomic E-state index is 0.0159. The maximum atomic E-state index is 14.6. The Kier molecular flexibility index (Phi) is 5.28. The Labute approximate surface area is 108 Å². The number of benzene rings is 1. The second kappa shape index (κ2) is 6.29. The molecule has 0 radical (unpaired) electrons. The van der Waals surface area contributed by atoms with Crippen LogP contribution in [-0.4, -0.2) is 26.5 Å². The van der Waals surface area contributed by atoms with E-state index in [-0.39, 0.29) is 24.5 Å². The largest absolute Gasteiger partial charge is 0.327 e. The van der Waals surface area contributed by atoms with E-state index >= 15 is 0 Å². The molecule has 5 heteroatoms. The SMILES string of the molecule is CCS(=O)(=O)CCCC(F)(CN)c1ccccc1. The Morgan fingerprint density at radius 3 is 2.39 bits per heavy atom. The molecule has 0 spiro atoms. The monoisotopic (exact) mass is 273 g/mol. The first-order chi connectivity index (χ1) is 8.43. The van der Waals surface area contributed by atoms with Crippen LogP contribution in [0.1, 0.15) is 25.3 Å². The van der Waals surface area contributed by atoms with Crippen molar-refractivity contribution < 1.29 is 12.8 Å². The summed E-state index contributed by atoms with van der Waals surface area (Å²) in [6.07, 6.45) is 0.422. The first-order valence-corrected chi connectivity index (χ1v) is 7.90. The second-order valence-corrected chi connectivity index (χ2v) is 6.85. The molecule has 1 aromatic carbocycles. The maximum absolute atomic E-state index is 14.6. The lowest BCUT2D eigenvalue weighted by molar-refractivity contribution is 0.160. The fraction of sp³-hybridized carbons (Fsp3) is 0.538. The molecule has 0 bridgehead atoms. The van der Waals surface area contributed by atoms with Gasteiger partial charge in [-0.1, -0.05) is 37.3 Å². The summed E-state index contributed by atoms with van der Waals surface area (Å²) in [4.78, 5) is 0. The molecule has 1 unspecified atom stereocenters. The predicted octanol–water partition coefficient (Wildman–Crippen LogP) is 2.03. The van der Waals surface area contributed by atoms with E-state index in [0.29, 0.717) is 12.0 Å². The molecule has 0 amide bonds. The summed E-state index contributed by atoms with van der Waals surface area (Å²) < 4.78 is 37.3. The van der Waals surface area contributed by atoms with Crippen molar-refractivity contribution in [3.63, 3.8) is 0 Å². The van der Waals surface area contributed by atoms with Gasteiger partial charge in [-0.25, -0.2) is 12.8 Å². The topological polar surface area (TPSA) is 60.2 Å². The molecule has 0 aliphatic rings. The molecule has 1 rings (SSSR count). The average Bonchev–Trinajstić information content (AvgIpc) is 2.39. The zero-order valence-corrected chi connectivity index (χ0v) is 11.4. The standard InChI is InChI=1S/C13H20FNO2S/c1-2-18(16,17)10-6-9-13(14,11-15)12-7-4-3-5-8-12/h3-5,7-8H,2,6,9-11,15H2,1H3. The molecule has 0 aliphatic carbocycles. The molecular weight excluding hydrogens is 253 g/mol. The van der Waals surface area contributed by atoms with Crippen LogP contribution in [0, 0.1) is 0 Å². The Morgan fingerprint density at radius 1 is 1.28 bits per heavy atom. The van der Waals surface area contributed by atoms with Gasteiger partial charge in [0.2, 0.25) is 0 Å². The molecule has 0 aromatic heterocycles. The molecular formula is C13H20FNO2S. The van der Waals surface area contributed by atoms with E-state index in [1.165, 1.54) is 0 Å². The summed E-state index contributed by atoms with van der Waals surface area (Å²) in [5.74, 6) is 0.113. The number of sulfone groups is 1. The number of rotatable bonds is 7. The van der Waals surface area contributed by atoms with Crippen molar-refractivity contribution in [2.75, 3.05) is 18.1 Å². The number of alkyl halides is 1. The van der Waals surface area contributed by atoms with Crippen LogP contribution in [0.15, 0.2) is 30.3 Å². The van der Waals surface area contributed by atoms with Gasteiger partial charge in [0, 0.05) is 12.3 Å². The Balaban J connectivity index is 2.68. The van der Waals surface area contributed by atoms with Crippen LogP contribution in [-0.2, 0) is 15.5 Å². The van der Waals surface area contributed by atoms with Crippen LogP contribution >= 0.6 is 0 Å². The highest BCUT2D eigenvalue weighted by molar-refractivity contribution is 7.91. The average molecular weight is 273 g/mol. The second-order valence-electron chi connectivity index (χ2n) is 4.38. The van der Waals surface area contributed by atoms with Gasteiger partial charge in [0.25, 0.3) is 0 Å². The Bertz CT molecular complexity index is 461. The van der Waals surface area contributed by atoms with Gasteiger partial charge >= 0.3 is 0 Å². The van der Waals surface area contributed by atoms with Crippen molar-refractivity contribution in [1.82, 2.24) is 0 Å². The van der Waals surface area contributed by atoms with Crippen LogP contribution in [0.3, 0.4) is 0 Å². The van der Waals surface area contributed by atoms with Crippen LogP contribution in [0.2, 0.25) is 0 Å². The predicted molar refractivity (Wildman–Crippen MR) is 71.8 cm³/mol. The van der Waals surface area contributed by atoms with Crippen molar-refractivity contribution in [3.05, 3.63) is 35.9 Å². The molecule has 0 heterocycles. The van der Waals surface area contributed by atoms with E-state index in [1.54, 1.807) is 31.2 Å². The molecule has 1 aromatic rings. The highest BCUT2D eigenvalue weighted by Gasteiger charge is 2.30. The maximum Gasteiger partial charge on any atom is 0.150 e. The van der Waals surface area contributed by atoms with E-state index in [2.05, 4.69) is 0 Å². The van der Waals surface area contributed by atoms with Gasteiger partial charge in [0.15, 0.2) is 0 Å². The number of hydrogen-bond donors (Lipinski definition) is 1. The third-order valence-corrected chi connectivity index (χ3v) is 4.87. The number of halogens is 1. The molecule has 18 heavy (non-hydrogen) atoms. The zero-order valence-electron chi connectivity index (χ0n) is 10.6. The van der Waals surface area contributed by atoms with Crippen LogP contribution < -0.4 is 5.73 Å². The number of nitrogens with two attached hydrogens (primary N) is 1. The van der Waals surface area contributed by atoms with Crippen molar-refractivity contribution in [1.29, 1.82) is 0 Å².